The molecule has 12 heteroatoms. The maximum absolute atomic E-state index is 12.7. The van der Waals surface area contributed by atoms with Crippen LogP contribution in [-0.4, -0.2) is 46.7 Å². The molecule has 2 aliphatic heterocycles. The second kappa shape index (κ2) is 11.2. The molecule has 204 valence electrons. The van der Waals surface area contributed by atoms with E-state index in [9.17, 15) is 41.4 Å². The number of rotatable bonds is 2. The Bertz CT molecular complexity index is 1080. The van der Waals surface area contributed by atoms with E-state index in [1.807, 2.05) is 0 Å². The third-order valence-corrected chi connectivity index (χ3v) is 6.96. The van der Waals surface area contributed by atoms with Gasteiger partial charge in [-0.05, 0) is 85.8 Å². The zero-order valence-electron chi connectivity index (χ0n) is 19.7. The normalized spacial score (nSPS) is 19.5. The van der Waals surface area contributed by atoms with Crippen LogP contribution in [0.3, 0.4) is 0 Å². The van der Waals surface area contributed by atoms with E-state index in [4.69, 9.17) is 11.6 Å². The number of carbonyl (C=O) groups is 1. The predicted octanol–water partition coefficient (Wildman–Crippen LogP) is 5.62. The van der Waals surface area contributed by atoms with E-state index in [1.165, 1.54) is 23.1 Å². The topological polar surface area (TPSA) is 72.8 Å². The Balaban J connectivity index is 0.000000208. The average molecular weight is 553 g/mol. The number of hydrogen-bond acceptors (Lipinski definition) is 4. The van der Waals surface area contributed by atoms with Crippen LogP contribution in [0.5, 0.6) is 0 Å². The molecular formula is C25H27ClF6N2O3. The summed E-state index contributed by atoms with van der Waals surface area (Å²) in [4.78, 5) is 12.3. The van der Waals surface area contributed by atoms with Crippen LogP contribution < -0.4 is 5.32 Å². The number of hydrogen-bond donors (Lipinski definition) is 3. The SMILES string of the molecule is O=C(Cl)N1CCC(O)(c2cccc(C(F)(F)F)c2)CC1.OC1(c2cccc(C(F)(F)F)c2)CCNCC1. The molecule has 37 heavy (non-hydrogen) atoms. The van der Waals surface area contributed by atoms with E-state index in [1.54, 1.807) is 6.07 Å². The summed E-state index contributed by atoms with van der Waals surface area (Å²) < 4.78 is 75.7. The van der Waals surface area contributed by atoms with Crippen molar-refractivity contribution >= 4 is 17.0 Å². The molecule has 2 fully saturated rings. The fourth-order valence-electron chi connectivity index (χ4n) is 4.44. The molecule has 2 aromatic carbocycles. The average Bonchev–Trinajstić information content (AvgIpc) is 2.84. The van der Waals surface area contributed by atoms with Gasteiger partial charge in [0, 0.05) is 13.1 Å². The Kier molecular flexibility index (Phi) is 8.83. The second-order valence-corrected chi connectivity index (χ2v) is 9.53. The molecule has 2 aromatic rings. The van der Waals surface area contributed by atoms with Gasteiger partial charge in [0.25, 0.3) is 0 Å². The summed E-state index contributed by atoms with van der Waals surface area (Å²) in [6, 6.07) is 9.63. The van der Waals surface area contributed by atoms with Crippen LogP contribution in [0.4, 0.5) is 31.1 Å². The minimum absolute atomic E-state index is 0.159. The van der Waals surface area contributed by atoms with E-state index in [-0.39, 0.29) is 31.5 Å². The molecule has 2 saturated heterocycles. The van der Waals surface area contributed by atoms with Gasteiger partial charge in [0.15, 0.2) is 0 Å². The number of benzene rings is 2. The molecule has 4 rings (SSSR count). The molecule has 0 spiro atoms. The van der Waals surface area contributed by atoms with Crippen LogP contribution in [0.25, 0.3) is 0 Å². The fraction of sp³-hybridized carbons (Fsp3) is 0.480. The number of amides is 1. The number of likely N-dealkylation sites (tertiary alicyclic amines) is 1. The quantitative estimate of drug-likeness (QED) is 0.257. The van der Waals surface area contributed by atoms with Crippen molar-refractivity contribution in [1.29, 1.82) is 0 Å². The molecule has 0 radical (unpaired) electrons. The second-order valence-electron chi connectivity index (χ2n) is 9.21. The molecule has 2 heterocycles. The Labute approximate surface area is 215 Å². The summed E-state index contributed by atoms with van der Waals surface area (Å²) in [6.07, 6.45) is -7.61. The monoisotopic (exact) mass is 552 g/mol. The van der Waals surface area contributed by atoms with Gasteiger partial charge in [-0.1, -0.05) is 24.3 Å². The summed E-state index contributed by atoms with van der Waals surface area (Å²) >= 11 is 5.34. The first-order chi connectivity index (χ1) is 17.1. The molecule has 5 nitrogen and oxygen atoms in total. The van der Waals surface area contributed by atoms with Crippen molar-refractivity contribution in [2.45, 2.75) is 49.2 Å². The van der Waals surface area contributed by atoms with Crippen LogP contribution in [-0.2, 0) is 23.6 Å². The molecule has 0 saturated carbocycles. The van der Waals surface area contributed by atoms with Crippen molar-refractivity contribution in [3.05, 3.63) is 70.8 Å². The first-order valence-electron chi connectivity index (χ1n) is 11.6. The Morgan fingerprint density at radius 1 is 0.784 bits per heavy atom. The Hall–Kier alpha value is -2.34. The minimum atomic E-state index is -4.45. The van der Waals surface area contributed by atoms with Gasteiger partial charge in [-0.15, -0.1) is 0 Å². The number of alkyl halides is 6. The molecule has 0 bridgehead atoms. The largest absolute Gasteiger partial charge is 0.416 e. The van der Waals surface area contributed by atoms with Gasteiger partial charge >= 0.3 is 17.7 Å². The fourth-order valence-corrected chi connectivity index (χ4v) is 4.61. The summed E-state index contributed by atoms with van der Waals surface area (Å²) in [5, 5.41) is 23.3. The third-order valence-electron chi connectivity index (χ3n) is 6.72. The standard InChI is InChI=1S/C13H13ClF3NO2.C12H14F3NO/c14-11(19)18-6-4-12(20,5-7-18)9-2-1-3-10(8-9)13(15,16)17;13-12(14,15)10-3-1-2-9(8-10)11(17)4-6-16-7-5-11/h1-3,8,20H,4-7H2;1-3,8,16-17H,4-7H2. The number of nitrogens with one attached hydrogen (secondary N) is 1. The molecular weight excluding hydrogens is 526 g/mol. The van der Waals surface area contributed by atoms with E-state index in [0.29, 0.717) is 31.5 Å². The van der Waals surface area contributed by atoms with Gasteiger partial charge in [-0.2, -0.15) is 26.3 Å². The smallest absolute Gasteiger partial charge is 0.385 e. The van der Waals surface area contributed by atoms with Gasteiger partial charge in [0.2, 0.25) is 0 Å². The van der Waals surface area contributed by atoms with E-state index >= 15 is 0 Å². The lowest BCUT2D eigenvalue weighted by Crippen LogP contribution is -2.43. The van der Waals surface area contributed by atoms with Crippen molar-refractivity contribution in [3.63, 3.8) is 0 Å². The molecule has 0 aliphatic carbocycles. The van der Waals surface area contributed by atoms with Crippen LogP contribution >= 0.6 is 11.6 Å². The minimum Gasteiger partial charge on any atom is -0.385 e. The van der Waals surface area contributed by atoms with Crippen molar-refractivity contribution in [3.8, 4) is 0 Å². The summed E-state index contributed by atoms with van der Waals surface area (Å²) in [6.45, 7) is 1.67. The Morgan fingerprint density at radius 3 is 1.57 bits per heavy atom. The zero-order valence-corrected chi connectivity index (χ0v) is 20.4. The van der Waals surface area contributed by atoms with Gasteiger partial charge in [0.05, 0.1) is 22.3 Å². The Morgan fingerprint density at radius 2 is 1.19 bits per heavy atom. The van der Waals surface area contributed by atoms with E-state index < -0.39 is 40.0 Å². The molecule has 3 N–H and O–H groups in total. The summed E-state index contributed by atoms with van der Waals surface area (Å²) in [5.41, 5.74) is -3.42. The van der Waals surface area contributed by atoms with E-state index in [0.717, 1.165) is 24.3 Å². The first-order valence-corrected chi connectivity index (χ1v) is 12.0. The van der Waals surface area contributed by atoms with Crippen molar-refractivity contribution < 1.29 is 41.4 Å². The van der Waals surface area contributed by atoms with Gasteiger partial charge in [-0.25, -0.2) is 0 Å². The highest BCUT2D eigenvalue weighted by Crippen LogP contribution is 2.37. The van der Waals surface area contributed by atoms with Crippen molar-refractivity contribution in [2.24, 2.45) is 0 Å². The van der Waals surface area contributed by atoms with Crippen LogP contribution in [0.2, 0.25) is 0 Å². The lowest BCUT2D eigenvalue weighted by Gasteiger charge is -2.37. The highest BCUT2D eigenvalue weighted by molar-refractivity contribution is 6.62. The first kappa shape index (κ1) is 29.2. The number of carbonyl (C=O) groups excluding carboxylic acids is 1. The van der Waals surface area contributed by atoms with Crippen molar-refractivity contribution in [1.82, 2.24) is 10.2 Å². The molecule has 1 amide bonds. The molecule has 0 aromatic heterocycles. The van der Waals surface area contributed by atoms with Crippen LogP contribution in [0.15, 0.2) is 48.5 Å². The highest BCUT2D eigenvalue weighted by Gasteiger charge is 2.38. The molecule has 2 aliphatic rings. The summed E-state index contributed by atoms with van der Waals surface area (Å²) in [5.74, 6) is 0. The number of halogens is 7. The molecule has 0 unspecified atom stereocenters. The lowest BCUT2D eigenvalue weighted by molar-refractivity contribution is -0.138. The zero-order chi connectivity index (χ0) is 27.5. The maximum Gasteiger partial charge on any atom is 0.416 e. The maximum atomic E-state index is 12.7. The highest BCUT2D eigenvalue weighted by atomic mass is 35.5. The summed E-state index contributed by atoms with van der Waals surface area (Å²) in [7, 11) is 0. The molecule has 0 atom stereocenters. The van der Waals surface area contributed by atoms with Gasteiger partial charge in [-0.3, -0.25) is 4.79 Å². The number of piperidine rings is 2. The number of nitrogens with zero attached hydrogens (tertiary/aromatic N) is 1. The lowest BCUT2D eigenvalue weighted by atomic mass is 9.84. The number of aliphatic hydroxyl groups is 2. The van der Waals surface area contributed by atoms with E-state index in [2.05, 4.69) is 5.32 Å². The third kappa shape index (κ3) is 7.37. The van der Waals surface area contributed by atoms with Crippen LogP contribution in [0.1, 0.15) is 47.9 Å². The predicted molar refractivity (Wildman–Crippen MR) is 125 cm³/mol. The van der Waals surface area contributed by atoms with Gasteiger partial charge < -0.3 is 20.4 Å². The van der Waals surface area contributed by atoms with Crippen LogP contribution in [0, 0.1) is 0 Å². The van der Waals surface area contributed by atoms with Gasteiger partial charge in [0.1, 0.15) is 0 Å². The van der Waals surface area contributed by atoms with Crippen molar-refractivity contribution in [2.75, 3.05) is 26.2 Å².